The highest BCUT2D eigenvalue weighted by molar-refractivity contribution is 5.98. The molecule has 7 nitrogen and oxygen atoms in total. The summed E-state index contributed by atoms with van der Waals surface area (Å²) < 4.78 is 18.8. The van der Waals surface area contributed by atoms with E-state index in [1.807, 2.05) is 30.0 Å². The van der Waals surface area contributed by atoms with Crippen molar-refractivity contribution in [2.24, 2.45) is 5.92 Å². The Morgan fingerprint density at radius 3 is 2.80 bits per heavy atom. The van der Waals surface area contributed by atoms with Crippen LogP contribution >= 0.6 is 0 Å². The van der Waals surface area contributed by atoms with Gasteiger partial charge in [-0.1, -0.05) is 11.6 Å². The number of aromatic nitrogens is 4. The quantitative estimate of drug-likeness (QED) is 0.650. The van der Waals surface area contributed by atoms with Crippen molar-refractivity contribution < 1.29 is 13.9 Å². The minimum atomic E-state index is -0.389. The first-order valence-corrected chi connectivity index (χ1v) is 10.1. The number of hydrogen-bond acceptors (Lipinski definition) is 5. The molecule has 0 aliphatic carbocycles. The number of benzene rings is 1. The first-order chi connectivity index (χ1) is 14.6. The first kappa shape index (κ1) is 18.7. The summed E-state index contributed by atoms with van der Waals surface area (Å²) in [4.78, 5) is 21.1. The Hall–Kier alpha value is -3.29. The lowest BCUT2D eigenvalue weighted by atomic mass is 9.90. The molecule has 0 spiro atoms. The summed E-state index contributed by atoms with van der Waals surface area (Å²) in [6, 6.07) is 8.95. The number of nitrogens with zero attached hydrogens (tertiary/aromatic N) is 5. The van der Waals surface area contributed by atoms with Crippen LogP contribution in [0.2, 0.25) is 0 Å². The van der Waals surface area contributed by atoms with Crippen molar-refractivity contribution in [3.05, 3.63) is 65.9 Å². The van der Waals surface area contributed by atoms with Gasteiger partial charge < -0.3 is 9.64 Å². The number of rotatable bonds is 5. The average molecular weight is 407 g/mol. The van der Waals surface area contributed by atoms with E-state index in [1.54, 1.807) is 12.4 Å². The second-order valence-corrected chi connectivity index (χ2v) is 7.97. The summed E-state index contributed by atoms with van der Waals surface area (Å²) in [7, 11) is 0. The van der Waals surface area contributed by atoms with Crippen LogP contribution in [-0.2, 0) is 0 Å². The summed E-state index contributed by atoms with van der Waals surface area (Å²) in [6.45, 7) is 2.44. The Bertz CT molecular complexity index is 1050. The third kappa shape index (κ3) is 3.32. The molecule has 0 saturated carbocycles. The van der Waals surface area contributed by atoms with Crippen molar-refractivity contribution in [2.45, 2.75) is 38.3 Å². The molecule has 2 saturated heterocycles. The second kappa shape index (κ2) is 7.51. The minimum absolute atomic E-state index is 0.0147. The van der Waals surface area contributed by atoms with Crippen LogP contribution in [0, 0.1) is 18.7 Å². The molecular formula is C22H22FN5O2. The van der Waals surface area contributed by atoms with Crippen molar-refractivity contribution in [1.82, 2.24) is 24.9 Å². The number of ether oxygens (including phenoxy) is 1. The Balaban J connectivity index is 1.36. The maximum atomic E-state index is 13.6. The molecule has 0 N–H and O–H groups in total. The van der Waals surface area contributed by atoms with Crippen molar-refractivity contribution in [2.75, 3.05) is 6.61 Å². The van der Waals surface area contributed by atoms with Crippen molar-refractivity contribution >= 4 is 5.91 Å². The van der Waals surface area contributed by atoms with Crippen LogP contribution in [-0.4, -0.2) is 49.5 Å². The summed E-state index contributed by atoms with van der Waals surface area (Å²) in [5.74, 6) is 0.263. The predicted octanol–water partition coefficient (Wildman–Crippen LogP) is 3.18. The SMILES string of the molecule is Cc1ccc(-n2nccn2)c(C(=O)N2C3CCC2C(COc2ccc(F)cn2)C3)c1. The molecule has 2 fully saturated rings. The van der Waals surface area contributed by atoms with Crippen LogP contribution in [0.1, 0.15) is 35.2 Å². The molecule has 30 heavy (non-hydrogen) atoms. The van der Waals surface area contributed by atoms with Gasteiger partial charge in [0.2, 0.25) is 5.88 Å². The largest absolute Gasteiger partial charge is 0.477 e. The van der Waals surface area contributed by atoms with Crippen LogP contribution in [0.25, 0.3) is 5.69 Å². The monoisotopic (exact) mass is 407 g/mol. The van der Waals surface area contributed by atoms with Gasteiger partial charge in [0.1, 0.15) is 5.82 Å². The molecule has 1 amide bonds. The topological polar surface area (TPSA) is 73.1 Å². The van der Waals surface area contributed by atoms with Gasteiger partial charge in [-0.25, -0.2) is 9.37 Å². The Kier molecular flexibility index (Phi) is 4.69. The van der Waals surface area contributed by atoms with Crippen LogP contribution < -0.4 is 4.74 Å². The average Bonchev–Trinajstić information content (AvgIpc) is 3.49. The van der Waals surface area contributed by atoms with E-state index >= 15 is 0 Å². The van der Waals surface area contributed by atoms with Crippen molar-refractivity contribution in [1.29, 1.82) is 0 Å². The fourth-order valence-corrected chi connectivity index (χ4v) is 4.72. The zero-order valence-corrected chi connectivity index (χ0v) is 16.6. The first-order valence-electron chi connectivity index (χ1n) is 10.1. The second-order valence-electron chi connectivity index (χ2n) is 7.97. The molecule has 3 atom stereocenters. The van der Waals surface area contributed by atoms with E-state index in [1.165, 1.54) is 16.9 Å². The van der Waals surface area contributed by atoms with Crippen LogP contribution in [0.5, 0.6) is 5.88 Å². The van der Waals surface area contributed by atoms with Gasteiger partial charge in [-0.05, 0) is 44.4 Å². The fourth-order valence-electron chi connectivity index (χ4n) is 4.72. The van der Waals surface area contributed by atoms with Crippen LogP contribution in [0.15, 0.2) is 48.9 Å². The van der Waals surface area contributed by atoms with Gasteiger partial charge in [0.25, 0.3) is 5.91 Å². The predicted molar refractivity (Wildman–Crippen MR) is 107 cm³/mol. The van der Waals surface area contributed by atoms with Crippen molar-refractivity contribution in [3.8, 4) is 11.6 Å². The van der Waals surface area contributed by atoms with E-state index in [9.17, 15) is 9.18 Å². The van der Waals surface area contributed by atoms with Crippen LogP contribution in [0.4, 0.5) is 4.39 Å². The van der Waals surface area contributed by atoms with E-state index in [2.05, 4.69) is 15.2 Å². The molecule has 1 aromatic carbocycles. The maximum Gasteiger partial charge on any atom is 0.256 e. The molecule has 0 radical (unpaired) electrons. The van der Waals surface area contributed by atoms with E-state index in [4.69, 9.17) is 4.74 Å². The lowest BCUT2D eigenvalue weighted by Gasteiger charge is -2.25. The highest BCUT2D eigenvalue weighted by Gasteiger charge is 2.49. The number of carbonyl (C=O) groups excluding carboxylic acids is 1. The van der Waals surface area contributed by atoms with Gasteiger partial charge in [-0.15, -0.1) is 0 Å². The third-order valence-corrected chi connectivity index (χ3v) is 6.06. The molecule has 4 heterocycles. The molecule has 3 unspecified atom stereocenters. The number of halogens is 1. The molecule has 2 aliphatic heterocycles. The van der Waals surface area contributed by atoms with Crippen molar-refractivity contribution in [3.63, 3.8) is 0 Å². The van der Waals surface area contributed by atoms with Gasteiger partial charge in [0, 0.05) is 24.1 Å². The maximum absolute atomic E-state index is 13.6. The molecule has 154 valence electrons. The zero-order valence-electron chi connectivity index (χ0n) is 16.6. The Morgan fingerprint density at radius 1 is 1.20 bits per heavy atom. The summed E-state index contributed by atoms with van der Waals surface area (Å²) >= 11 is 0. The number of aryl methyl sites for hydroxylation is 1. The normalized spacial score (nSPS) is 22.5. The molecule has 8 heteroatoms. The minimum Gasteiger partial charge on any atom is -0.477 e. The number of hydrogen-bond donors (Lipinski definition) is 0. The van der Waals surface area contributed by atoms with E-state index in [0.717, 1.165) is 31.0 Å². The third-order valence-electron chi connectivity index (χ3n) is 6.06. The van der Waals surface area contributed by atoms with Gasteiger partial charge in [0.15, 0.2) is 0 Å². The van der Waals surface area contributed by atoms with E-state index < -0.39 is 0 Å². The number of amides is 1. The summed E-state index contributed by atoms with van der Waals surface area (Å²) in [5, 5.41) is 8.41. The zero-order chi connectivity index (χ0) is 20.7. The van der Waals surface area contributed by atoms with Crippen LogP contribution in [0.3, 0.4) is 0 Å². The number of pyridine rings is 1. The summed E-state index contributed by atoms with van der Waals surface area (Å²) in [5.41, 5.74) is 2.32. The molecular weight excluding hydrogens is 385 g/mol. The number of fused-ring (bicyclic) bond motifs is 2. The molecule has 5 rings (SSSR count). The van der Waals surface area contributed by atoms with Gasteiger partial charge in [-0.3, -0.25) is 4.79 Å². The van der Waals surface area contributed by atoms with E-state index in [0.29, 0.717) is 23.7 Å². The molecule has 3 aromatic rings. The number of carbonyl (C=O) groups is 1. The smallest absolute Gasteiger partial charge is 0.256 e. The Morgan fingerprint density at radius 2 is 2.03 bits per heavy atom. The lowest BCUT2D eigenvalue weighted by Crippen LogP contribution is -2.38. The lowest BCUT2D eigenvalue weighted by molar-refractivity contribution is 0.0709. The van der Waals surface area contributed by atoms with Gasteiger partial charge in [-0.2, -0.15) is 15.0 Å². The highest BCUT2D eigenvalue weighted by Crippen LogP contribution is 2.43. The van der Waals surface area contributed by atoms with E-state index in [-0.39, 0.29) is 29.7 Å². The molecule has 2 aromatic heterocycles. The highest BCUT2D eigenvalue weighted by atomic mass is 19.1. The van der Waals surface area contributed by atoms with Gasteiger partial charge in [0.05, 0.1) is 36.4 Å². The Labute approximate surface area is 173 Å². The molecule has 2 aliphatic rings. The summed E-state index contributed by atoms with van der Waals surface area (Å²) in [6.07, 6.45) is 7.22. The fraction of sp³-hybridized carbons (Fsp3) is 0.364. The standard InChI is InChI=1S/C22H22FN5O2/c1-14-2-5-20(28-25-8-9-26-28)18(10-14)22(29)27-17-4-6-19(27)15(11-17)13-30-21-7-3-16(23)12-24-21/h2-3,5,7-10,12,15,17,19H,4,6,11,13H2,1H3. The molecule has 2 bridgehead atoms. The van der Waals surface area contributed by atoms with Gasteiger partial charge >= 0.3 is 0 Å².